The summed E-state index contributed by atoms with van der Waals surface area (Å²) >= 11 is 5.88. The Labute approximate surface area is 122 Å². The highest BCUT2D eigenvalue weighted by molar-refractivity contribution is 7.92. The van der Waals surface area contributed by atoms with Gasteiger partial charge in [0, 0.05) is 18.1 Å². The van der Waals surface area contributed by atoms with Gasteiger partial charge in [0.1, 0.15) is 0 Å². The van der Waals surface area contributed by atoms with Gasteiger partial charge in [0.15, 0.2) is 9.84 Å². The summed E-state index contributed by atoms with van der Waals surface area (Å²) in [6, 6.07) is 4.07. The van der Waals surface area contributed by atoms with Gasteiger partial charge < -0.3 is 5.11 Å². The molecule has 9 heteroatoms. The lowest BCUT2D eigenvalue weighted by Gasteiger charge is -2.26. The lowest BCUT2D eigenvalue weighted by atomic mass is 10.2. The van der Waals surface area contributed by atoms with Gasteiger partial charge in [-0.2, -0.15) is 4.31 Å². The summed E-state index contributed by atoms with van der Waals surface area (Å²) in [5.74, 6) is -0.344. The molecule has 0 aliphatic carbocycles. The summed E-state index contributed by atoms with van der Waals surface area (Å²) in [6.45, 7) is -0.380. The molecule has 0 bridgehead atoms. The molecule has 6 nitrogen and oxygen atoms in total. The second-order valence-corrected chi connectivity index (χ2v) is 9.12. The Morgan fingerprint density at radius 3 is 2.35 bits per heavy atom. The Bertz CT molecular complexity index is 700. The molecular formula is C11H14ClNO5S2. The molecule has 1 fully saturated rings. The minimum atomic E-state index is -3.76. The maximum atomic E-state index is 12.4. The second kappa shape index (κ2) is 5.61. The molecule has 1 N–H and O–H groups in total. The third-order valence-electron chi connectivity index (χ3n) is 3.14. The van der Waals surface area contributed by atoms with Crippen molar-refractivity contribution in [2.24, 2.45) is 0 Å². The van der Waals surface area contributed by atoms with Crippen LogP contribution in [-0.2, 0) is 26.5 Å². The Morgan fingerprint density at radius 1 is 1.25 bits per heavy atom. The first-order valence-corrected chi connectivity index (χ1v) is 9.50. The Kier molecular flexibility index (Phi) is 4.41. The van der Waals surface area contributed by atoms with Crippen LogP contribution in [0, 0.1) is 0 Å². The van der Waals surface area contributed by atoms with Gasteiger partial charge in [0.2, 0.25) is 10.0 Å². The maximum Gasteiger partial charge on any atom is 0.243 e. The number of nitrogens with zero attached hydrogens (tertiary/aromatic N) is 1. The Balaban J connectivity index is 2.29. The second-order valence-electron chi connectivity index (χ2n) is 4.47. The van der Waals surface area contributed by atoms with Crippen LogP contribution in [0.4, 0.5) is 0 Å². The van der Waals surface area contributed by atoms with Crippen LogP contribution in [0.1, 0.15) is 5.56 Å². The zero-order chi connectivity index (χ0) is 15.0. The molecule has 1 aliphatic rings. The van der Waals surface area contributed by atoms with E-state index in [1.807, 2.05) is 0 Å². The van der Waals surface area contributed by atoms with Gasteiger partial charge in [-0.25, -0.2) is 16.8 Å². The molecule has 0 saturated carbocycles. The van der Waals surface area contributed by atoms with E-state index in [4.69, 9.17) is 16.7 Å². The molecule has 1 aromatic rings. The summed E-state index contributed by atoms with van der Waals surface area (Å²) in [6.07, 6.45) is 0. The first-order chi connectivity index (χ1) is 9.26. The van der Waals surface area contributed by atoms with E-state index >= 15 is 0 Å². The predicted molar refractivity (Wildman–Crippen MR) is 74.8 cm³/mol. The molecule has 1 aromatic carbocycles. The van der Waals surface area contributed by atoms with Crippen molar-refractivity contribution in [3.63, 3.8) is 0 Å². The number of benzene rings is 1. The predicted octanol–water partition coefficient (Wildman–Crippen LogP) is 0.251. The number of hydrogen-bond acceptors (Lipinski definition) is 5. The Morgan fingerprint density at radius 2 is 1.85 bits per heavy atom. The molecule has 0 unspecified atom stereocenters. The summed E-state index contributed by atoms with van der Waals surface area (Å²) < 4.78 is 48.5. The maximum absolute atomic E-state index is 12.4. The lowest BCUT2D eigenvalue weighted by molar-refractivity contribution is 0.282. The minimum absolute atomic E-state index is 0.000928. The summed E-state index contributed by atoms with van der Waals surface area (Å²) in [7, 11) is -6.90. The van der Waals surface area contributed by atoms with E-state index < -0.39 is 19.9 Å². The molecule has 0 aromatic heterocycles. The quantitative estimate of drug-likeness (QED) is 0.852. The molecule has 1 heterocycles. The van der Waals surface area contributed by atoms with Crippen LogP contribution in [0.25, 0.3) is 0 Å². The average molecular weight is 340 g/mol. The van der Waals surface area contributed by atoms with Gasteiger partial charge >= 0.3 is 0 Å². The molecule has 20 heavy (non-hydrogen) atoms. The standard InChI is InChI=1S/C11H14ClNO5S2/c12-11-7-10(2-1-9(11)8-14)20(17,18)13-3-5-19(15,16)6-4-13/h1-2,7,14H,3-6,8H2. The number of rotatable bonds is 3. The minimum Gasteiger partial charge on any atom is -0.392 e. The van der Waals surface area contributed by atoms with Crippen molar-refractivity contribution in [2.75, 3.05) is 24.6 Å². The SMILES string of the molecule is O=S1(=O)CCN(S(=O)(=O)c2ccc(CO)c(Cl)c2)CC1. The molecule has 112 valence electrons. The number of sulfonamides is 1. The summed E-state index contributed by atoms with van der Waals surface area (Å²) in [5.41, 5.74) is 0.437. The van der Waals surface area contributed by atoms with E-state index in [9.17, 15) is 16.8 Å². The van der Waals surface area contributed by atoms with Crippen molar-refractivity contribution in [1.29, 1.82) is 0 Å². The number of hydrogen-bond donors (Lipinski definition) is 1. The molecule has 0 amide bonds. The van der Waals surface area contributed by atoms with Crippen molar-refractivity contribution in [2.45, 2.75) is 11.5 Å². The highest BCUT2D eigenvalue weighted by Crippen LogP contribution is 2.24. The third-order valence-corrected chi connectivity index (χ3v) is 6.99. The lowest BCUT2D eigenvalue weighted by Crippen LogP contribution is -2.43. The van der Waals surface area contributed by atoms with E-state index in [-0.39, 0.29) is 41.1 Å². The van der Waals surface area contributed by atoms with Gasteiger partial charge in [-0.05, 0) is 17.7 Å². The Hall–Kier alpha value is -0.670. The third kappa shape index (κ3) is 3.15. The van der Waals surface area contributed by atoms with Crippen LogP contribution in [0.3, 0.4) is 0 Å². The van der Waals surface area contributed by atoms with Crippen molar-refractivity contribution in [3.05, 3.63) is 28.8 Å². The first kappa shape index (κ1) is 15.7. The average Bonchev–Trinajstić information content (AvgIpc) is 2.38. The zero-order valence-electron chi connectivity index (χ0n) is 10.5. The number of halogens is 1. The van der Waals surface area contributed by atoms with Crippen LogP contribution < -0.4 is 0 Å². The van der Waals surface area contributed by atoms with Crippen molar-refractivity contribution < 1.29 is 21.9 Å². The molecule has 2 rings (SSSR count). The summed E-state index contributed by atoms with van der Waals surface area (Å²) in [5, 5.41) is 9.17. The van der Waals surface area contributed by atoms with Crippen LogP contribution in [-0.4, -0.2) is 50.8 Å². The topological polar surface area (TPSA) is 91.8 Å². The van der Waals surface area contributed by atoms with Gasteiger partial charge in [0.05, 0.1) is 23.0 Å². The van der Waals surface area contributed by atoms with Gasteiger partial charge in [-0.15, -0.1) is 0 Å². The molecular weight excluding hydrogens is 326 g/mol. The summed E-state index contributed by atoms with van der Waals surface area (Å²) in [4.78, 5) is -0.000928. The fourth-order valence-electron chi connectivity index (χ4n) is 1.90. The molecule has 0 radical (unpaired) electrons. The molecule has 1 aliphatic heterocycles. The van der Waals surface area contributed by atoms with Gasteiger partial charge in [-0.1, -0.05) is 17.7 Å². The highest BCUT2D eigenvalue weighted by Gasteiger charge is 2.31. The van der Waals surface area contributed by atoms with E-state index in [0.29, 0.717) is 5.56 Å². The van der Waals surface area contributed by atoms with Crippen molar-refractivity contribution in [1.82, 2.24) is 4.31 Å². The highest BCUT2D eigenvalue weighted by atomic mass is 35.5. The van der Waals surface area contributed by atoms with Gasteiger partial charge in [-0.3, -0.25) is 0 Å². The van der Waals surface area contributed by atoms with Gasteiger partial charge in [0.25, 0.3) is 0 Å². The van der Waals surface area contributed by atoms with Crippen LogP contribution in [0.5, 0.6) is 0 Å². The van der Waals surface area contributed by atoms with Crippen LogP contribution in [0.15, 0.2) is 23.1 Å². The van der Waals surface area contributed by atoms with Crippen molar-refractivity contribution >= 4 is 31.5 Å². The van der Waals surface area contributed by atoms with E-state index in [1.165, 1.54) is 18.2 Å². The monoisotopic (exact) mass is 339 g/mol. The number of aliphatic hydroxyl groups is 1. The molecule has 0 spiro atoms. The smallest absolute Gasteiger partial charge is 0.243 e. The fraction of sp³-hybridized carbons (Fsp3) is 0.455. The van der Waals surface area contributed by atoms with Crippen molar-refractivity contribution in [3.8, 4) is 0 Å². The van der Waals surface area contributed by atoms with E-state index in [2.05, 4.69) is 0 Å². The van der Waals surface area contributed by atoms with E-state index in [1.54, 1.807) is 0 Å². The first-order valence-electron chi connectivity index (χ1n) is 5.86. The fourth-order valence-corrected chi connectivity index (χ4v) is 5.11. The number of sulfone groups is 1. The number of aliphatic hydroxyl groups excluding tert-OH is 1. The van der Waals surface area contributed by atoms with E-state index in [0.717, 1.165) is 4.31 Å². The molecule has 0 atom stereocenters. The zero-order valence-corrected chi connectivity index (χ0v) is 12.9. The van der Waals surface area contributed by atoms with Crippen LogP contribution in [0.2, 0.25) is 5.02 Å². The molecule has 1 saturated heterocycles. The normalized spacial score (nSPS) is 19.9. The largest absolute Gasteiger partial charge is 0.392 e. The van der Waals surface area contributed by atoms with Crippen LogP contribution >= 0.6 is 11.6 Å².